The van der Waals surface area contributed by atoms with Crippen LogP contribution in [0.5, 0.6) is 0 Å². The van der Waals surface area contributed by atoms with Crippen LogP contribution in [0.1, 0.15) is 62.3 Å². The van der Waals surface area contributed by atoms with Crippen LogP contribution in [0.25, 0.3) is 0 Å². The molecule has 4 aromatic rings. The van der Waals surface area contributed by atoms with E-state index in [1.165, 1.54) is 18.3 Å². The topological polar surface area (TPSA) is 104 Å². The number of aromatic nitrogens is 1. The zero-order chi connectivity index (χ0) is 30.7. The molecule has 6 rings (SSSR count). The molecule has 8 nitrogen and oxygen atoms in total. The van der Waals surface area contributed by atoms with Gasteiger partial charge in [0.2, 0.25) is 0 Å². The number of amides is 3. The third kappa shape index (κ3) is 5.96. The van der Waals surface area contributed by atoms with E-state index in [1.54, 1.807) is 47.5 Å². The average molecular weight is 610 g/mol. The minimum atomic E-state index is -0.564. The van der Waals surface area contributed by atoms with E-state index in [2.05, 4.69) is 20.8 Å². The van der Waals surface area contributed by atoms with E-state index < -0.39 is 11.7 Å². The lowest BCUT2D eigenvalue weighted by atomic mass is 9.76. The molecule has 0 bridgehead atoms. The highest BCUT2D eigenvalue weighted by atomic mass is 35.5. The van der Waals surface area contributed by atoms with Crippen LogP contribution in [0, 0.1) is 11.2 Å². The van der Waals surface area contributed by atoms with Crippen LogP contribution in [0.2, 0.25) is 5.02 Å². The number of benzene rings is 3. The molecule has 1 aromatic heterocycles. The Labute approximate surface area is 259 Å². The van der Waals surface area contributed by atoms with Gasteiger partial charge in [-0.2, -0.15) is 5.10 Å². The van der Waals surface area contributed by atoms with Crippen molar-refractivity contribution in [3.8, 4) is 0 Å². The smallest absolute Gasteiger partial charge is 0.272 e. The second kappa shape index (κ2) is 12.4. The predicted octanol–water partition coefficient (Wildman–Crippen LogP) is 6.68. The SMILES string of the molecule is O=C(NN=C1CCCC12CCN(C(=O)c1ccc(NC(=O)c3cc(F)ccc3Cl)cc1)c1ccccc1C2)c1cccnc1. The van der Waals surface area contributed by atoms with Crippen molar-refractivity contribution >= 4 is 46.4 Å². The molecular formula is C34H29ClFN5O3. The number of carbonyl (C=O) groups excluding carboxylic acids is 3. The van der Waals surface area contributed by atoms with Crippen LogP contribution < -0.4 is 15.6 Å². The lowest BCUT2D eigenvalue weighted by Gasteiger charge is -2.29. The van der Waals surface area contributed by atoms with Crippen molar-refractivity contribution < 1.29 is 18.8 Å². The van der Waals surface area contributed by atoms with Gasteiger partial charge in [0, 0.05) is 47.0 Å². The fraction of sp³-hybridized carbons (Fsp3) is 0.206. The van der Waals surface area contributed by atoms with Gasteiger partial charge in [-0.05, 0) is 98.3 Å². The minimum absolute atomic E-state index is 0.0217. The number of nitrogens with one attached hydrogen (secondary N) is 2. The summed E-state index contributed by atoms with van der Waals surface area (Å²) in [5.74, 6) is -1.59. The molecule has 0 radical (unpaired) electrons. The van der Waals surface area contributed by atoms with E-state index in [1.807, 2.05) is 24.3 Å². The zero-order valence-corrected chi connectivity index (χ0v) is 24.5. The zero-order valence-electron chi connectivity index (χ0n) is 23.7. The number of halogens is 2. The normalized spacial score (nSPS) is 18.5. The van der Waals surface area contributed by atoms with Gasteiger partial charge in [0.25, 0.3) is 17.7 Å². The summed E-state index contributed by atoms with van der Waals surface area (Å²) in [5.41, 5.74) is 6.65. The van der Waals surface area contributed by atoms with E-state index in [-0.39, 0.29) is 27.8 Å². The first-order valence-corrected chi connectivity index (χ1v) is 14.7. The first kappa shape index (κ1) is 29.2. The number of para-hydroxylation sites is 1. The first-order chi connectivity index (χ1) is 21.3. The van der Waals surface area contributed by atoms with Gasteiger partial charge in [0.15, 0.2) is 0 Å². The molecule has 1 aliphatic carbocycles. The maximum atomic E-state index is 13.9. The lowest BCUT2D eigenvalue weighted by Crippen LogP contribution is -2.35. The molecule has 1 spiro atoms. The van der Waals surface area contributed by atoms with Crippen molar-refractivity contribution in [2.75, 3.05) is 16.8 Å². The standard InChI is InChI=1S/C34H29ClFN5O3/c35-28-14-11-25(36)19-27(28)32(43)38-26-12-9-22(10-13-26)33(44)41-18-16-34(20-23-5-1-2-7-29(23)41)15-3-8-30(34)39-40-31(42)24-6-4-17-37-21-24/h1-2,4-7,9-14,17,19,21H,3,8,15-16,18,20H2,(H,38,43)(H,40,42). The molecule has 44 heavy (non-hydrogen) atoms. The number of nitrogens with zero attached hydrogens (tertiary/aromatic N) is 3. The molecule has 3 amide bonds. The van der Waals surface area contributed by atoms with Crippen LogP contribution in [-0.2, 0) is 6.42 Å². The van der Waals surface area contributed by atoms with Gasteiger partial charge in [-0.25, -0.2) is 9.82 Å². The van der Waals surface area contributed by atoms with Crippen molar-refractivity contribution in [3.05, 3.63) is 124 Å². The molecule has 1 aliphatic heterocycles. The molecule has 10 heteroatoms. The summed E-state index contributed by atoms with van der Waals surface area (Å²) < 4.78 is 13.6. The van der Waals surface area contributed by atoms with Gasteiger partial charge in [-0.3, -0.25) is 19.4 Å². The Morgan fingerprint density at radius 2 is 1.75 bits per heavy atom. The summed E-state index contributed by atoms with van der Waals surface area (Å²) >= 11 is 6.07. The summed E-state index contributed by atoms with van der Waals surface area (Å²) in [6, 6.07) is 21.5. The fourth-order valence-electron chi connectivity index (χ4n) is 6.07. The van der Waals surface area contributed by atoms with E-state index >= 15 is 0 Å². The second-order valence-electron chi connectivity index (χ2n) is 11.0. The summed E-state index contributed by atoms with van der Waals surface area (Å²) in [6.45, 7) is 0.474. The fourth-order valence-corrected chi connectivity index (χ4v) is 6.28. The number of anilines is 2. The van der Waals surface area contributed by atoms with Crippen LogP contribution >= 0.6 is 11.6 Å². The molecule has 1 unspecified atom stereocenters. The summed E-state index contributed by atoms with van der Waals surface area (Å²) in [7, 11) is 0. The Kier molecular flexibility index (Phi) is 8.21. The maximum absolute atomic E-state index is 13.9. The number of pyridine rings is 1. The monoisotopic (exact) mass is 609 g/mol. The Bertz CT molecular complexity index is 1760. The van der Waals surface area contributed by atoms with Gasteiger partial charge in [-0.15, -0.1) is 0 Å². The average Bonchev–Trinajstić information content (AvgIpc) is 3.35. The van der Waals surface area contributed by atoms with Gasteiger partial charge in [-0.1, -0.05) is 29.8 Å². The minimum Gasteiger partial charge on any atom is -0.322 e. The first-order valence-electron chi connectivity index (χ1n) is 14.4. The van der Waals surface area contributed by atoms with E-state index in [4.69, 9.17) is 11.6 Å². The predicted molar refractivity (Wildman–Crippen MR) is 168 cm³/mol. The molecule has 1 fully saturated rings. The Morgan fingerprint density at radius 3 is 2.55 bits per heavy atom. The van der Waals surface area contributed by atoms with E-state index in [0.717, 1.165) is 42.3 Å². The highest BCUT2D eigenvalue weighted by Gasteiger charge is 2.43. The van der Waals surface area contributed by atoms with Crippen molar-refractivity contribution in [3.63, 3.8) is 0 Å². The number of hydrogen-bond donors (Lipinski definition) is 2. The van der Waals surface area contributed by atoms with Crippen molar-refractivity contribution in [2.45, 2.75) is 32.1 Å². The van der Waals surface area contributed by atoms with Gasteiger partial charge in [0.1, 0.15) is 5.82 Å². The molecule has 1 atom stereocenters. The number of hydrogen-bond acceptors (Lipinski definition) is 5. The summed E-state index contributed by atoms with van der Waals surface area (Å²) in [6.07, 6.45) is 7.16. The summed E-state index contributed by atoms with van der Waals surface area (Å²) in [4.78, 5) is 45.0. The van der Waals surface area contributed by atoms with Crippen LogP contribution in [0.15, 0.2) is 96.4 Å². The second-order valence-corrected chi connectivity index (χ2v) is 11.5. The maximum Gasteiger partial charge on any atom is 0.272 e. The van der Waals surface area contributed by atoms with Crippen LogP contribution in [0.3, 0.4) is 0 Å². The molecule has 222 valence electrons. The largest absolute Gasteiger partial charge is 0.322 e. The molecule has 2 aliphatic rings. The van der Waals surface area contributed by atoms with Crippen molar-refractivity contribution in [1.82, 2.24) is 10.4 Å². The van der Waals surface area contributed by atoms with Gasteiger partial charge >= 0.3 is 0 Å². The molecule has 3 aromatic carbocycles. The quantitative estimate of drug-likeness (QED) is 0.246. The lowest BCUT2D eigenvalue weighted by molar-refractivity contribution is 0.0952. The third-order valence-corrected chi connectivity index (χ3v) is 8.66. The molecular weight excluding hydrogens is 581 g/mol. The number of carbonyl (C=O) groups is 3. The third-order valence-electron chi connectivity index (χ3n) is 8.33. The van der Waals surface area contributed by atoms with Crippen molar-refractivity contribution in [1.29, 1.82) is 0 Å². The molecule has 2 heterocycles. The van der Waals surface area contributed by atoms with Gasteiger partial charge < -0.3 is 10.2 Å². The Morgan fingerprint density at radius 1 is 0.932 bits per heavy atom. The van der Waals surface area contributed by atoms with E-state index in [9.17, 15) is 18.8 Å². The highest BCUT2D eigenvalue weighted by Crippen LogP contribution is 2.46. The van der Waals surface area contributed by atoms with E-state index in [0.29, 0.717) is 36.2 Å². The highest BCUT2D eigenvalue weighted by molar-refractivity contribution is 6.34. The molecule has 1 saturated carbocycles. The number of fused-ring (bicyclic) bond motifs is 1. The van der Waals surface area contributed by atoms with Gasteiger partial charge in [0.05, 0.1) is 16.1 Å². The van der Waals surface area contributed by atoms with Crippen LogP contribution in [-0.4, -0.2) is 35.0 Å². The Hall–Kier alpha value is -4.89. The number of rotatable bonds is 5. The molecule has 0 saturated heterocycles. The number of hydrazone groups is 1. The van der Waals surface area contributed by atoms with Crippen LogP contribution in [0.4, 0.5) is 15.8 Å². The Balaban J connectivity index is 1.20. The molecule has 2 N–H and O–H groups in total. The van der Waals surface area contributed by atoms with Crippen molar-refractivity contribution in [2.24, 2.45) is 10.5 Å². The summed E-state index contributed by atoms with van der Waals surface area (Å²) in [5, 5.41) is 7.45.